The van der Waals surface area contributed by atoms with Gasteiger partial charge in [-0.2, -0.15) is 0 Å². The minimum atomic E-state index is -0.658. The van der Waals surface area contributed by atoms with Gasteiger partial charge in [-0.15, -0.1) is 0 Å². The van der Waals surface area contributed by atoms with Gasteiger partial charge in [0.05, 0.1) is 25.5 Å². The number of ether oxygens (including phenoxy) is 2. The highest BCUT2D eigenvalue weighted by atomic mass is 16.5. The van der Waals surface area contributed by atoms with Crippen LogP contribution in [0.25, 0.3) is 0 Å². The van der Waals surface area contributed by atoms with E-state index < -0.39 is 5.91 Å². The number of carbonyl (C=O) groups is 2. The Morgan fingerprint density at radius 1 is 1.04 bits per heavy atom. The first kappa shape index (κ1) is 17.3. The summed E-state index contributed by atoms with van der Waals surface area (Å²) >= 11 is 0. The molecule has 0 fully saturated rings. The van der Waals surface area contributed by atoms with E-state index in [4.69, 9.17) is 15.2 Å². The third-order valence-electron chi connectivity index (χ3n) is 3.55. The molecule has 0 aromatic heterocycles. The summed E-state index contributed by atoms with van der Waals surface area (Å²) in [6.07, 6.45) is 0.891. The van der Waals surface area contributed by atoms with Crippen molar-refractivity contribution in [1.82, 2.24) is 0 Å². The molecule has 126 valence electrons. The highest BCUT2D eigenvalue weighted by Crippen LogP contribution is 2.33. The van der Waals surface area contributed by atoms with Gasteiger partial charge < -0.3 is 20.5 Å². The van der Waals surface area contributed by atoms with Crippen molar-refractivity contribution in [2.75, 3.05) is 19.5 Å². The fourth-order valence-corrected chi connectivity index (χ4v) is 2.30. The third-order valence-corrected chi connectivity index (χ3v) is 3.55. The molecule has 0 aliphatic carbocycles. The SMILES string of the molecule is COc1cc(NC(=O)CCc2ccccc2)c(C(N)=O)cc1OC. The van der Waals surface area contributed by atoms with E-state index in [1.165, 1.54) is 26.4 Å². The summed E-state index contributed by atoms with van der Waals surface area (Å²) in [5, 5.41) is 2.71. The van der Waals surface area contributed by atoms with Crippen molar-refractivity contribution in [2.45, 2.75) is 12.8 Å². The molecular formula is C18H20N2O4. The van der Waals surface area contributed by atoms with Crippen molar-refractivity contribution < 1.29 is 19.1 Å². The Bertz CT molecular complexity index is 729. The maximum atomic E-state index is 12.2. The number of hydrogen-bond donors (Lipinski definition) is 2. The summed E-state index contributed by atoms with van der Waals surface area (Å²) in [4.78, 5) is 23.8. The van der Waals surface area contributed by atoms with Crippen LogP contribution in [0.4, 0.5) is 5.69 Å². The van der Waals surface area contributed by atoms with Gasteiger partial charge in [0.2, 0.25) is 5.91 Å². The molecule has 2 aromatic carbocycles. The predicted molar refractivity (Wildman–Crippen MR) is 91.5 cm³/mol. The molecule has 2 rings (SSSR count). The molecule has 24 heavy (non-hydrogen) atoms. The molecule has 0 heterocycles. The maximum absolute atomic E-state index is 12.2. The van der Waals surface area contributed by atoms with Gasteiger partial charge in [0, 0.05) is 12.5 Å². The molecule has 0 saturated heterocycles. The third kappa shape index (κ3) is 4.25. The zero-order valence-electron chi connectivity index (χ0n) is 13.7. The van der Waals surface area contributed by atoms with Crippen LogP contribution in [0.3, 0.4) is 0 Å². The summed E-state index contributed by atoms with van der Waals surface area (Å²) in [5.74, 6) is -0.0997. The van der Waals surface area contributed by atoms with Crippen LogP contribution in [0.5, 0.6) is 11.5 Å². The lowest BCUT2D eigenvalue weighted by Gasteiger charge is -2.14. The van der Waals surface area contributed by atoms with Crippen molar-refractivity contribution >= 4 is 17.5 Å². The van der Waals surface area contributed by atoms with E-state index in [2.05, 4.69) is 5.32 Å². The number of benzene rings is 2. The van der Waals surface area contributed by atoms with E-state index in [1.807, 2.05) is 30.3 Å². The van der Waals surface area contributed by atoms with Crippen LogP contribution in [-0.2, 0) is 11.2 Å². The van der Waals surface area contributed by atoms with E-state index >= 15 is 0 Å². The molecule has 2 aromatic rings. The Hall–Kier alpha value is -3.02. The molecule has 0 aliphatic rings. The number of nitrogens with one attached hydrogen (secondary N) is 1. The van der Waals surface area contributed by atoms with Gasteiger partial charge in [0.1, 0.15) is 0 Å². The molecule has 0 aliphatic heterocycles. The van der Waals surface area contributed by atoms with Gasteiger partial charge in [-0.1, -0.05) is 30.3 Å². The van der Waals surface area contributed by atoms with Crippen molar-refractivity contribution in [2.24, 2.45) is 5.73 Å². The number of amides is 2. The Labute approximate surface area is 140 Å². The average molecular weight is 328 g/mol. The number of anilines is 1. The minimum absolute atomic E-state index is 0.167. The highest BCUT2D eigenvalue weighted by molar-refractivity contribution is 6.03. The Morgan fingerprint density at radius 2 is 1.67 bits per heavy atom. The fraction of sp³-hybridized carbons (Fsp3) is 0.222. The quantitative estimate of drug-likeness (QED) is 0.816. The number of aryl methyl sites for hydroxylation is 1. The number of nitrogens with two attached hydrogens (primary N) is 1. The zero-order valence-corrected chi connectivity index (χ0v) is 13.7. The predicted octanol–water partition coefficient (Wildman–Crippen LogP) is 2.37. The normalized spacial score (nSPS) is 10.1. The van der Waals surface area contributed by atoms with Crippen LogP contribution >= 0.6 is 0 Å². The van der Waals surface area contributed by atoms with Crippen molar-refractivity contribution in [3.8, 4) is 11.5 Å². The van der Waals surface area contributed by atoms with Gasteiger partial charge >= 0.3 is 0 Å². The first-order chi connectivity index (χ1) is 11.5. The molecule has 0 unspecified atom stereocenters. The van der Waals surface area contributed by atoms with Crippen molar-refractivity contribution in [1.29, 1.82) is 0 Å². The highest BCUT2D eigenvalue weighted by Gasteiger charge is 2.16. The minimum Gasteiger partial charge on any atom is -0.493 e. The van der Waals surface area contributed by atoms with Gasteiger partial charge in [0.25, 0.3) is 5.91 Å². The Balaban J connectivity index is 2.15. The second-order valence-electron chi connectivity index (χ2n) is 5.15. The molecule has 0 bridgehead atoms. The first-order valence-corrected chi connectivity index (χ1v) is 7.44. The van der Waals surface area contributed by atoms with Gasteiger partial charge in [-0.05, 0) is 18.1 Å². The van der Waals surface area contributed by atoms with E-state index in [0.29, 0.717) is 23.6 Å². The second-order valence-corrected chi connectivity index (χ2v) is 5.15. The lowest BCUT2D eigenvalue weighted by Crippen LogP contribution is -2.19. The zero-order chi connectivity index (χ0) is 17.5. The van der Waals surface area contributed by atoms with Crippen molar-refractivity contribution in [3.05, 3.63) is 53.6 Å². The number of hydrogen-bond acceptors (Lipinski definition) is 4. The summed E-state index contributed by atoms with van der Waals surface area (Å²) < 4.78 is 10.3. The summed E-state index contributed by atoms with van der Waals surface area (Å²) in [7, 11) is 2.93. The van der Waals surface area contributed by atoms with E-state index in [9.17, 15) is 9.59 Å². The van der Waals surface area contributed by atoms with Crippen LogP contribution in [0.1, 0.15) is 22.3 Å². The van der Waals surface area contributed by atoms with Crippen molar-refractivity contribution in [3.63, 3.8) is 0 Å². The standard InChI is InChI=1S/C18H20N2O4/c1-23-15-10-13(18(19)22)14(11-16(15)24-2)20-17(21)9-8-12-6-4-3-5-7-12/h3-7,10-11H,8-9H2,1-2H3,(H2,19,22)(H,20,21). The van der Waals surface area contributed by atoms with Crippen LogP contribution in [0.2, 0.25) is 0 Å². The number of rotatable bonds is 7. The molecule has 2 amide bonds. The summed E-state index contributed by atoms with van der Waals surface area (Å²) in [6.45, 7) is 0. The van der Waals surface area contributed by atoms with Gasteiger partial charge in [-0.3, -0.25) is 9.59 Å². The number of methoxy groups -OCH3 is 2. The second kappa shape index (κ2) is 8.01. The smallest absolute Gasteiger partial charge is 0.250 e. The topological polar surface area (TPSA) is 90.6 Å². The van der Waals surface area contributed by atoms with Gasteiger partial charge in [-0.25, -0.2) is 0 Å². The Morgan fingerprint density at radius 3 is 2.25 bits per heavy atom. The largest absolute Gasteiger partial charge is 0.493 e. The number of primary amides is 1. The molecule has 0 spiro atoms. The molecule has 3 N–H and O–H groups in total. The molecule has 6 heteroatoms. The lowest BCUT2D eigenvalue weighted by atomic mass is 10.1. The van der Waals surface area contributed by atoms with E-state index in [0.717, 1.165) is 5.56 Å². The molecule has 0 saturated carbocycles. The van der Waals surface area contributed by atoms with E-state index in [-0.39, 0.29) is 17.9 Å². The van der Waals surface area contributed by atoms with E-state index in [1.54, 1.807) is 0 Å². The van der Waals surface area contributed by atoms with Crippen LogP contribution in [0, 0.1) is 0 Å². The monoisotopic (exact) mass is 328 g/mol. The summed E-state index contributed by atoms with van der Waals surface area (Å²) in [6, 6.07) is 12.7. The average Bonchev–Trinajstić information content (AvgIpc) is 2.60. The maximum Gasteiger partial charge on any atom is 0.250 e. The van der Waals surface area contributed by atoms with Gasteiger partial charge in [0.15, 0.2) is 11.5 Å². The lowest BCUT2D eigenvalue weighted by molar-refractivity contribution is -0.116. The molecular weight excluding hydrogens is 308 g/mol. The first-order valence-electron chi connectivity index (χ1n) is 7.44. The molecule has 0 atom stereocenters. The Kier molecular flexibility index (Phi) is 5.78. The van der Waals surface area contributed by atoms with Crippen LogP contribution in [0.15, 0.2) is 42.5 Å². The van der Waals surface area contributed by atoms with Crippen LogP contribution < -0.4 is 20.5 Å². The molecule has 6 nitrogen and oxygen atoms in total. The fourth-order valence-electron chi connectivity index (χ4n) is 2.30. The summed E-state index contributed by atoms with van der Waals surface area (Å²) in [5.41, 5.74) is 6.92. The molecule has 0 radical (unpaired) electrons. The number of carbonyl (C=O) groups excluding carboxylic acids is 2. The van der Waals surface area contributed by atoms with Crippen LogP contribution in [-0.4, -0.2) is 26.0 Å².